The number of piperidine rings is 1. The zero-order valence-electron chi connectivity index (χ0n) is 18.0. The largest absolute Gasteiger partial charge is 0.507 e. The van der Waals surface area contributed by atoms with Crippen LogP contribution in [0.4, 0.5) is 5.82 Å². The summed E-state index contributed by atoms with van der Waals surface area (Å²) in [5.41, 5.74) is 2.41. The summed E-state index contributed by atoms with van der Waals surface area (Å²) in [5.74, 6) is 0.461. The number of fused-ring (bicyclic) bond motifs is 1. The number of sulfone groups is 1. The topological polar surface area (TPSA) is 108 Å². The van der Waals surface area contributed by atoms with Crippen LogP contribution in [-0.2, 0) is 9.84 Å². The maximum atomic E-state index is 11.8. The Labute approximate surface area is 182 Å². The molecule has 1 saturated heterocycles. The maximum absolute atomic E-state index is 11.8. The van der Waals surface area contributed by atoms with Gasteiger partial charge in [-0.1, -0.05) is 6.92 Å². The Morgan fingerprint density at radius 3 is 2.74 bits per heavy atom. The second-order valence-corrected chi connectivity index (χ2v) is 10.1. The van der Waals surface area contributed by atoms with E-state index < -0.39 is 9.84 Å². The number of likely N-dealkylation sites (tertiary alicyclic amines) is 1. The van der Waals surface area contributed by atoms with Crippen molar-refractivity contribution in [3.8, 4) is 17.0 Å². The number of aromatic hydroxyl groups is 1. The van der Waals surface area contributed by atoms with Crippen molar-refractivity contribution < 1.29 is 13.5 Å². The molecule has 1 fully saturated rings. The van der Waals surface area contributed by atoms with Gasteiger partial charge >= 0.3 is 0 Å². The second-order valence-electron chi connectivity index (χ2n) is 8.07. The van der Waals surface area contributed by atoms with Gasteiger partial charge in [-0.2, -0.15) is 0 Å². The number of pyridine rings is 1. The number of phenolic OH excluding ortho intramolecular Hbond substituents is 1. The van der Waals surface area contributed by atoms with Gasteiger partial charge in [0.1, 0.15) is 17.0 Å². The Balaban J connectivity index is 1.77. The van der Waals surface area contributed by atoms with Crippen LogP contribution in [0.5, 0.6) is 5.75 Å². The highest BCUT2D eigenvalue weighted by molar-refractivity contribution is 7.90. The summed E-state index contributed by atoms with van der Waals surface area (Å²) < 4.78 is 23.6. The Morgan fingerprint density at radius 1 is 1.23 bits per heavy atom. The van der Waals surface area contributed by atoms with Gasteiger partial charge in [0.2, 0.25) is 0 Å². The highest BCUT2D eigenvalue weighted by Gasteiger charge is 2.22. The fraction of sp³-hybridized carbons (Fsp3) is 0.409. The molecule has 0 aliphatic carbocycles. The zero-order valence-corrected chi connectivity index (χ0v) is 18.8. The van der Waals surface area contributed by atoms with Crippen molar-refractivity contribution in [2.45, 2.75) is 37.6 Å². The molecule has 1 atom stereocenters. The van der Waals surface area contributed by atoms with Crippen LogP contribution < -0.4 is 5.32 Å². The number of aryl methyl sites for hydroxylation is 1. The molecule has 9 heteroatoms. The molecule has 1 aliphatic heterocycles. The van der Waals surface area contributed by atoms with Gasteiger partial charge in [0.25, 0.3) is 0 Å². The Hall–Kier alpha value is -2.78. The number of aromatic nitrogens is 3. The predicted molar refractivity (Wildman–Crippen MR) is 121 cm³/mol. The van der Waals surface area contributed by atoms with E-state index in [2.05, 4.69) is 27.3 Å². The van der Waals surface area contributed by atoms with Crippen LogP contribution in [0, 0.1) is 6.92 Å². The van der Waals surface area contributed by atoms with E-state index in [1.807, 2.05) is 19.1 Å². The number of nitrogens with one attached hydrogen (secondary N) is 1. The molecule has 0 bridgehead atoms. The third-order valence-electron chi connectivity index (χ3n) is 5.71. The number of anilines is 1. The maximum Gasteiger partial charge on any atom is 0.175 e. The first-order valence-corrected chi connectivity index (χ1v) is 12.3. The van der Waals surface area contributed by atoms with E-state index in [0.717, 1.165) is 49.8 Å². The molecule has 1 aliphatic rings. The summed E-state index contributed by atoms with van der Waals surface area (Å²) >= 11 is 0. The zero-order chi connectivity index (χ0) is 22.2. The normalized spacial score (nSPS) is 17.7. The van der Waals surface area contributed by atoms with Crippen molar-refractivity contribution in [1.29, 1.82) is 0 Å². The van der Waals surface area contributed by atoms with Crippen LogP contribution in [0.15, 0.2) is 35.2 Å². The molecule has 4 rings (SSSR count). The molecule has 2 aromatic heterocycles. The van der Waals surface area contributed by atoms with Crippen molar-refractivity contribution in [2.24, 2.45) is 0 Å². The van der Waals surface area contributed by atoms with Gasteiger partial charge in [-0.3, -0.25) is 0 Å². The van der Waals surface area contributed by atoms with E-state index >= 15 is 0 Å². The smallest absolute Gasteiger partial charge is 0.175 e. The highest BCUT2D eigenvalue weighted by Crippen LogP contribution is 2.35. The summed E-state index contributed by atoms with van der Waals surface area (Å²) in [5, 5.41) is 23.6. The van der Waals surface area contributed by atoms with Gasteiger partial charge in [0.05, 0.1) is 4.90 Å². The lowest BCUT2D eigenvalue weighted by Crippen LogP contribution is -2.42. The molecule has 3 heterocycles. The minimum atomic E-state index is -3.42. The molecule has 1 aromatic carbocycles. The van der Waals surface area contributed by atoms with Crippen LogP contribution in [0.1, 0.15) is 25.5 Å². The average molecular weight is 442 g/mol. The summed E-state index contributed by atoms with van der Waals surface area (Å²) in [4.78, 5) is 7.16. The number of hydrogen-bond donors (Lipinski definition) is 2. The van der Waals surface area contributed by atoms with Crippen LogP contribution in [-0.4, -0.2) is 65.5 Å². The van der Waals surface area contributed by atoms with Crippen molar-refractivity contribution in [3.05, 3.63) is 36.0 Å². The lowest BCUT2D eigenvalue weighted by molar-refractivity contribution is 0.226. The van der Waals surface area contributed by atoms with Crippen LogP contribution in [0.25, 0.3) is 22.2 Å². The van der Waals surface area contributed by atoms with Crippen molar-refractivity contribution >= 4 is 26.6 Å². The van der Waals surface area contributed by atoms with Gasteiger partial charge in [-0.25, -0.2) is 13.4 Å². The van der Waals surface area contributed by atoms with E-state index in [0.29, 0.717) is 22.6 Å². The molecule has 0 amide bonds. The molecular formula is C22H27N5O3S. The Morgan fingerprint density at radius 2 is 2.03 bits per heavy atom. The minimum Gasteiger partial charge on any atom is -0.507 e. The first kappa shape index (κ1) is 21.5. The first-order valence-electron chi connectivity index (χ1n) is 10.4. The standard InChI is InChI=1S/C22H27N5O3S/c1-4-27-11-5-6-15(13-27)24-22-21-18(9-7-14(2)23-21)20(25-26-22)17-10-8-16(12-19(17)28)31(3,29)30/h7-10,12,15,28H,4-6,11,13H2,1-3H3,(H,24,26)/t15-/m0/s1. The number of benzene rings is 1. The third kappa shape index (κ3) is 4.47. The van der Waals surface area contributed by atoms with E-state index in [-0.39, 0.29) is 16.7 Å². The number of phenols is 1. The average Bonchev–Trinajstić information content (AvgIpc) is 2.74. The number of hydrogen-bond acceptors (Lipinski definition) is 8. The molecule has 0 saturated carbocycles. The van der Waals surface area contributed by atoms with E-state index in [9.17, 15) is 13.5 Å². The monoisotopic (exact) mass is 441 g/mol. The molecular weight excluding hydrogens is 414 g/mol. The Bertz CT molecular complexity index is 1230. The minimum absolute atomic E-state index is 0.0519. The molecule has 0 unspecified atom stereocenters. The predicted octanol–water partition coefficient (Wildman–Crippen LogP) is 3.01. The second kappa shape index (κ2) is 8.39. The molecule has 164 valence electrons. The number of likely N-dealkylation sites (N-methyl/N-ethyl adjacent to an activating group) is 1. The van der Waals surface area contributed by atoms with E-state index in [4.69, 9.17) is 4.98 Å². The van der Waals surface area contributed by atoms with Crippen LogP contribution in [0.2, 0.25) is 0 Å². The van der Waals surface area contributed by atoms with Crippen LogP contribution in [0.3, 0.4) is 0 Å². The van der Waals surface area contributed by atoms with Crippen molar-refractivity contribution in [1.82, 2.24) is 20.1 Å². The van der Waals surface area contributed by atoms with Gasteiger partial charge < -0.3 is 15.3 Å². The molecule has 3 aromatic rings. The first-order chi connectivity index (χ1) is 14.8. The fourth-order valence-electron chi connectivity index (χ4n) is 4.02. The van der Waals surface area contributed by atoms with Gasteiger partial charge in [-0.05, 0) is 63.2 Å². The third-order valence-corrected chi connectivity index (χ3v) is 6.82. The lowest BCUT2D eigenvalue weighted by atomic mass is 10.0. The quantitative estimate of drug-likeness (QED) is 0.622. The molecule has 31 heavy (non-hydrogen) atoms. The lowest BCUT2D eigenvalue weighted by Gasteiger charge is -2.32. The van der Waals surface area contributed by atoms with Crippen molar-refractivity contribution in [3.63, 3.8) is 0 Å². The summed E-state index contributed by atoms with van der Waals surface area (Å²) in [6.45, 7) is 7.16. The van der Waals surface area contributed by atoms with Gasteiger partial charge in [0.15, 0.2) is 15.7 Å². The Kier molecular flexibility index (Phi) is 5.81. The van der Waals surface area contributed by atoms with E-state index in [1.54, 1.807) is 6.07 Å². The van der Waals surface area contributed by atoms with Gasteiger partial charge in [0, 0.05) is 35.5 Å². The SMILES string of the molecule is CCN1CCC[C@H](Nc2nnc(-c3ccc(S(C)(=O)=O)cc3O)c3ccc(C)nc23)C1. The summed E-state index contributed by atoms with van der Waals surface area (Å²) in [6.07, 6.45) is 3.29. The van der Waals surface area contributed by atoms with E-state index in [1.165, 1.54) is 12.1 Å². The molecule has 2 N–H and O–H groups in total. The molecule has 8 nitrogen and oxygen atoms in total. The highest BCUT2D eigenvalue weighted by atomic mass is 32.2. The summed E-state index contributed by atoms with van der Waals surface area (Å²) in [7, 11) is -3.42. The van der Waals surface area contributed by atoms with Crippen molar-refractivity contribution in [2.75, 3.05) is 31.2 Å². The molecule has 0 radical (unpaired) electrons. The van der Waals surface area contributed by atoms with Crippen LogP contribution >= 0.6 is 0 Å². The summed E-state index contributed by atoms with van der Waals surface area (Å²) in [6, 6.07) is 8.33. The number of nitrogens with zero attached hydrogens (tertiary/aromatic N) is 4. The molecule has 0 spiro atoms. The number of rotatable bonds is 5. The van der Waals surface area contributed by atoms with Gasteiger partial charge in [-0.15, -0.1) is 10.2 Å². The fourth-order valence-corrected chi connectivity index (χ4v) is 4.66.